The summed E-state index contributed by atoms with van der Waals surface area (Å²) in [6.45, 7) is 0. The summed E-state index contributed by atoms with van der Waals surface area (Å²) >= 11 is 0. The van der Waals surface area contributed by atoms with Gasteiger partial charge in [-0.25, -0.2) is 0 Å². The number of carbonyl (C=O) groups is 2. The molecule has 0 amide bonds. The predicted octanol–water partition coefficient (Wildman–Crippen LogP) is 2.14. The fourth-order valence-electron chi connectivity index (χ4n) is 3.79. The molecular formula is C13H16O2. The molecule has 0 aliphatic heterocycles. The quantitative estimate of drug-likeness (QED) is 0.605. The smallest absolute Gasteiger partial charge is 0.155 e. The summed E-state index contributed by atoms with van der Waals surface area (Å²) < 4.78 is 0. The first-order valence-corrected chi connectivity index (χ1v) is 5.99. The summed E-state index contributed by atoms with van der Waals surface area (Å²) in [6.07, 6.45) is 8.50. The molecule has 2 saturated carbocycles. The van der Waals surface area contributed by atoms with Gasteiger partial charge in [0.05, 0.1) is 0 Å². The van der Waals surface area contributed by atoms with Gasteiger partial charge in [-0.05, 0) is 43.1 Å². The number of ketones is 2. The van der Waals surface area contributed by atoms with Crippen molar-refractivity contribution in [3.8, 4) is 0 Å². The van der Waals surface area contributed by atoms with Crippen LogP contribution >= 0.6 is 0 Å². The van der Waals surface area contributed by atoms with Crippen molar-refractivity contribution >= 4 is 11.6 Å². The highest BCUT2D eigenvalue weighted by Crippen LogP contribution is 2.48. The molecule has 2 nitrogen and oxygen atoms in total. The zero-order valence-electron chi connectivity index (χ0n) is 8.82. The van der Waals surface area contributed by atoms with Crippen LogP contribution in [0.3, 0.4) is 0 Å². The van der Waals surface area contributed by atoms with Crippen molar-refractivity contribution < 1.29 is 9.59 Å². The monoisotopic (exact) mass is 204 g/mol. The Labute approximate surface area is 89.7 Å². The van der Waals surface area contributed by atoms with Crippen LogP contribution in [0, 0.1) is 23.7 Å². The van der Waals surface area contributed by atoms with E-state index in [9.17, 15) is 9.59 Å². The topological polar surface area (TPSA) is 34.1 Å². The van der Waals surface area contributed by atoms with Crippen molar-refractivity contribution in [3.63, 3.8) is 0 Å². The van der Waals surface area contributed by atoms with Crippen molar-refractivity contribution in [2.24, 2.45) is 23.7 Å². The molecule has 4 atom stereocenters. The van der Waals surface area contributed by atoms with E-state index in [4.69, 9.17) is 0 Å². The van der Waals surface area contributed by atoms with Crippen LogP contribution in [0.2, 0.25) is 0 Å². The Bertz CT molecular complexity index is 342. The van der Waals surface area contributed by atoms with Gasteiger partial charge < -0.3 is 0 Å². The third-order valence-electron chi connectivity index (χ3n) is 4.51. The van der Waals surface area contributed by atoms with E-state index in [1.807, 2.05) is 0 Å². The lowest BCUT2D eigenvalue weighted by Crippen LogP contribution is -2.35. The van der Waals surface area contributed by atoms with Crippen molar-refractivity contribution in [3.05, 3.63) is 12.2 Å². The van der Waals surface area contributed by atoms with Gasteiger partial charge in [0.25, 0.3) is 0 Å². The second-order valence-electron chi connectivity index (χ2n) is 5.22. The molecular weight excluding hydrogens is 188 g/mol. The molecule has 0 N–H and O–H groups in total. The second-order valence-corrected chi connectivity index (χ2v) is 5.22. The van der Waals surface area contributed by atoms with Crippen molar-refractivity contribution in [2.75, 3.05) is 0 Å². The fraction of sp³-hybridized carbons (Fsp3) is 0.692. The summed E-state index contributed by atoms with van der Waals surface area (Å²) in [7, 11) is 0. The van der Waals surface area contributed by atoms with Gasteiger partial charge in [0.15, 0.2) is 5.78 Å². The molecule has 3 rings (SSSR count). The Morgan fingerprint density at radius 2 is 2.00 bits per heavy atom. The first-order valence-electron chi connectivity index (χ1n) is 5.99. The zero-order valence-corrected chi connectivity index (χ0v) is 8.82. The van der Waals surface area contributed by atoms with Gasteiger partial charge in [0, 0.05) is 18.8 Å². The highest BCUT2D eigenvalue weighted by Gasteiger charge is 2.45. The van der Waals surface area contributed by atoms with Crippen LogP contribution in [0.15, 0.2) is 12.2 Å². The van der Waals surface area contributed by atoms with Crippen LogP contribution in [-0.4, -0.2) is 11.6 Å². The molecule has 0 radical (unpaired) electrons. The van der Waals surface area contributed by atoms with Gasteiger partial charge in [-0.15, -0.1) is 0 Å². The number of hydrogen-bond donors (Lipinski definition) is 0. The summed E-state index contributed by atoms with van der Waals surface area (Å²) in [5.74, 6) is 2.69. The second kappa shape index (κ2) is 3.29. The summed E-state index contributed by atoms with van der Waals surface area (Å²) in [5.41, 5.74) is 0. The van der Waals surface area contributed by atoms with Gasteiger partial charge in [0.2, 0.25) is 0 Å². The van der Waals surface area contributed by atoms with Gasteiger partial charge >= 0.3 is 0 Å². The molecule has 0 aromatic carbocycles. The van der Waals surface area contributed by atoms with Crippen LogP contribution in [0.25, 0.3) is 0 Å². The lowest BCUT2D eigenvalue weighted by Gasteiger charge is -2.39. The average molecular weight is 204 g/mol. The SMILES string of the molecule is O=C1C=CC2C(CCC3C(=O)CCC32)C1. The van der Waals surface area contributed by atoms with E-state index in [1.165, 1.54) is 0 Å². The molecule has 2 heteroatoms. The Balaban J connectivity index is 1.88. The van der Waals surface area contributed by atoms with Crippen LogP contribution in [0.1, 0.15) is 32.1 Å². The molecule has 0 saturated heterocycles. The molecule has 2 fully saturated rings. The highest BCUT2D eigenvalue weighted by atomic mass is 16.1. The molecule has 3 aliphatic carbocycles. The minimum atomic E-state index is 0.277. The number of allylic oxidation sites excluding steroid dienone is 2. The molecule has 4 unspecified atom stereocenters. The molecule has 0 bridgehead atoms. The van der Waals surface area contributed by atoms with Gasteiger partial charge in [-0.2, -0.15) is 0 Å². The average Bonchev–Trinajstić information content (AvgIpc) is 2.60. The maximum atomic E-state index is 11.7. The third kappa shape index (κ3) is 1.38. The summed E-state index contributed by atoms with van der Waals surface area (Å²) in [5, 5.41) is 0. The highest BCUT2D eigenvalue weighted by molar-refractivity contribution is 5.91. The number of carbonyl (C=O) groups excluding carboxylic acids is 2. The molecule has 0 spiro atoms. The van der Waals surface area contributed by atoms with Gasteiger partial charge in [-0.3, -0.25) is 9.59 Å². The van der Waals surface area contributed by atoms with Crippen LogP contribution in [-0.2, 0) is 9.59 Å². The number of fused-ring (bicyclic) bond motifs is 3. The predicted molar refractivity (Wildman–Crippen MR) is 56.2 cm³/mol. The largest absolute Gasteiger partial charge is 0.299 e. The fourth-order valence-corrected chi connectivity index (χ4v) is 3.79. The molecule has 15 heavy (non-hydrogen) atoms. The summed E-state index contributed by atoms with van der Waals surface area (Å²) in [4.78, 5) is 23.0. The lowest BCUT2D eigenvalue weighted by atomic mass is 9.64. The van der Waals surface area contributed by atoms with Crippen molar-refractivity contribution in [1.82, 2.24) is 0 Å². The maximum Gasteiger partial charge on any atom is 0.155 e. The number of rotatable bonds is 0. The van der Waals surface area contributed by atoms with Crippen LogP contribution in [0.5, 0.6) is 0 Å². The van der Waals surface area contributed by atoms with E-state index in [0.29, 0.717) is 29.5 Å². The standard InChI is InChI=1S/C13H16O2/c14-9-2-4-10-8(7-9)1-3-12-11(10)5-6-13(12)15/h2,4,8,10-12H,1,3,5-7H2. The normalized spacial score (nSPS) is 44.0. The third-order valence-corrected chi connectivity index (χ3v) is 4.51. The molecule has 0 aromatic heterocycles. The van der Waals surface area contributed by atoms with Crippen LogP contribution in [0.4, 0.5) is 0 Å². The Morgan fingerprint density at radius 3 is 2.87 bits per heavy atom. The first-order chi connectivity index (χ1) is 7.25. The maximum absolute atomic E-state index is 11.7. The van der Waals surface area contributed by atoms with E-state index in [1.54, 1.807) is 6.08 Å². The molecule has 80 valence electrons. The van der Waals surface area contributed by atoms with E-state index < -0.39 is 0 Å². The van der Waals surface area contributed by atoms with Crippen LogP contribution < -0.4 is 0 Å². The number of Topliss-reactive ketones (excluding diaryl/α,β-unsaturated/α-hetero) is 1. The van der Waals surface area contributed by atoms with Crippen molar-refractivity contribution in [1.29, 1.82) is 0 Å². The summed E-state index contributed by atoms with van der Waals surface area (Å²) in [6, 6.07) is 0. The Kier molecular flexibility index (Phi) is 2.04. The Hall–Kier alpha value is -0.920. The minimum absolute atomic E-state index is 0.277. The van der Waals surface area contributed by atoms with E-state index in [2.05, 4.69) is 6.08 Å². The first kappa shape index (κ1) is 9.32. The number of hydrogen-bond acceptors (Lipinski definition) is 2. The molecule has 0 heterocycles. The van der Waals surface area contributed by atoms with Gasteiger partial charge in [0.1, 0.15) is 5.78 Å². The van der Waals surface area contributed by atoms with Crippen molar-refractivity contribution in [2.45, 2.75) is 32.1 Å². The molecule has 3 aliphatic rings. The van der Waals surface area contributed by atoms with E-state index in [-0.39, 0.29) is 5.78 Å². The van der Waals surface area contributed by atoms with E-state index >= 15 is 0 Å². The lowest BCUT2D eigenvalue weighted by molar-refractivity contribution is -0.123. The molecule has 0 aromatic rings. The Morgan fingerprint density at radius 1 is 1.13 bits per heavy atom. The van der Waals surface area contributed by atoms with Gasteiger partial charge in [-0.1, -0.05) is 6.08 Å². The van der Waals surface area contributed by atoms with E-state index in [0.717, 1.165) is 32.1 Å². The minimum Gasteiger partial charge on any atom is -0.299 e. The zero-order chi connectivity index (χ0) is 10.4.